The van der Waals surface area contributed by atoms with E-state index in [0.29, 0.717) is 5.69 Å². The molecule has 0 aliphatic carbocycles. The second-order valence-corrected chi connectivity index (χ2v) is 6.15. The van der Waals surface area contributed by atoms with Gasteiger partial charge in [-0.3, -0.25) is 4.79 Å². The minimum absolute atomic E-state index is 0.0268. The Morgan fingerprint density at radius 3 is 3.00 bits per heavy atom. The van der Waals surface area contributed by atoms with Crippen LogP contribution in [0.2, 0.25) is 0 Å². The van der Waals surface area contributed by atoms with Crippen LogP contribution in [0.15, 0.2) is 39.5 Å². The molecule has 0 saturated carbocycles. The number of furan rings is 1. The summed E-state index contributed by atoms with van der Waals surface area (Å²) in [6.45, 7) is 4.96. The Labute approximate surface area is 133 Å². The summed E-state index contributed by atoms with van der Waals surface area (Å²) in [6.07, 6.45) is 6.30. The molecule has 0 fully saturated rings. The third kappa shape index (κ3) is 4.49. The molecule has 4 nitrogen and oxygen atoms in total. The van der Waals surface area contributed by atoms with Crippen molar-refractivity contribution in [3.05, 3.63) is 46.6 Å². The molecule has 0 radical (unpaired) electrons. The average Bonchev–Trinajstić information content (AvgIpc) is 3.06. The van der Waals surface area contributed by atoms with Crippen molar-refractivity contribution in [2.24, 2.45) is 0 Å². The fourth-order valence-electron chi connectivity index (χ4n) is 2.27. The Hall–Kier alpha value is -1.49. The van der Waals surface area contributed by atoms with E-state index in [-0.39, 0.29) is 11.9 Å². The number of rotatable bonds is 7. The topological polar surface area (TPSA) is 47.2 Å². The van der Waals surface area contributed by atoms with Crippen molar-refractivity contribution in [1.29, 1.82) is 0 Å². The van der Waals surface area contributed by atoms with Crippen LogP contribution in [0.25, 0.3) is 0 Å². The summed E-state index contributed by atoms with van der Waals surface area (Å²) in [6, 6.07) is 5.81. The number of nitrogens with one attached hydrogen (secondary N) is 1. The number of carbonyl (C=O) groups is 1. The van der Waals surface area contributed by atoms with Gasteiger partial charge in [-0.15, -0.1) is 0 Å². The number of nitrogens with zero attached hydrogens (tertiary/aromatic N) is 1. The van der Waals surface area contributed by atoms with E-state index in [1.54, 1.807) is 6.26 Å². The fraction of sp³-hybridized carbons (Fsp3) is 0.438. The highest BCUT2D eigenvalue weighted by molar-refractivity contribution is 9.10. The first kappa shape index (κ1) is 15.9. The number of hydrogen-bond donors (Lipinski definition) is 1. The lowest BCUT2D eigenvalue weighted by Crippen LogP contribution is -2.34. The van der Waals surface area contributed by atoms with Gasteiger partial charge in [0, 0.05) is 29.7 Å². The lowest BCUT2D eigenvalue weighted by atomic mass is 10.1. The Morgan fingerprint density at radius 2 is 2.33 bits per heavy atom. The SMILES string of the molecule is CCCn1cc(Br)cc1C(=O)NC(C)CCc1ccco1. The van der Waals surface area contributed by atoms with Gasteiger partial charge in [0.2, 0.25) is 0 Å². The van der Waals surface area contributed by atoms with Crippen LogP contribution in [0.4, 0.5) is 0 Å². The van der Waals surface area contributed by atoms with Crippen molar-refractivity contribution in [3.8, 4) is 0 Å². The standard InChI is InChI=1S/C16H21BrN2O2/c1-3-8-19-11-13(17)10-15(19)16(20)18-12(2)6-7-14-5-4-9-21-14/h4-5,9-12H,3,6-8H2,1-2H3,(H,18,20). The quantitative estimate of drug-likeness (QED) is 0.818. The molecule has 0 bridgehead atoms. The van der Waals surface area contributed by atoms with Gasteiger partial charge in [0.25, 0.3) is 5.91 Å². The van der Waals surface area contributed by atoms with E-state index in [1.165, 1.54) is 0 Å². The third-order valence-electron chi connectivity index (χ3n) is 3.34. The van der Waals surface area contributed by atoms with E-state index in [1.807, 2.05) is 35.9 Å². The average molecular weight is 353 g/mol. The molecule has 0 spiro atoms. The molecule has 1 amide bonds. The highest BCUT2D eigenvalue weighted by Gasteiger charge is 2.15. The summed E-state index contributed by atoms with van der Waals surface area (Å²) in [5.74, 6) is 0.925. The number of carbonyl (C=O) groups excluding carboxylic acids is 1. The second kappa shape index (κ2) is 7.50. The molecule has 21 heavy (non-hydrogen) atoms. The smallest absolute Gasteiger partial charge is 0.268 e. The Kier molecular flexibility index (Phi) is 5.67. The van der Waals surface area contributed by atoms with Gasteiger partial charge in [0.05, 0.1) is 6.26 Å². The van der Waals surface area contributed by atoms with Crippen molar-refractivity contribution >= 4 is 21.8 Å². The predicted molar refractivity (Wildman–Crippen MR) is 86.4 cm³/mol. The zero-order valence-electron chi connectivity index (χ0n) is 12.4. The minimum Gasteiger partial charge on any atom is -0.469 e. The molecule has 2 rings (SSSR count). The molecule has 0 aliphatic rings. The van der Waals surface area contributed by atoms with Crippen LogP contribution < -0.4 is 5.32 Å². The zero-order valence-corrected chi connectivity index (χ0v) is 14.0. The molecule has 114 valence electrons. The second-order valence-electron chi connectivity index (χ2n) is 5.23. The zero-order chi connectivity index (χ0) is 15.2. The van der Waals surface area contributed by atoms with Gasteiger partial charge in [-0.1, -0.05) is 6.92 Å². The molecule has 0 aliphatic heterocycles. The van der Waals surface area contributed by atoms with Crippen LogP contribution in [0.5, 0.6) is 0 Å². The normalized spacial score (nSPS) is 12.3. The van der Waals surface area contributed by atoms with Crippen molar-refractivity contribution in [2.75, 3.05) is 0 Å². The first-order valence-electron chi connectivity index (χ1n) is 7.29. The first-order chi connectivity index (χ1) is 10.1. The van der Waals surface area contributed by atoms with Crippen LogP contribution in [-0.4, -0.2) is 16.5 Å². The number of hydrogen-bond acceptors (Lipinski definition) is 2. The summed E-state index contributed by atoms with van der Waals surface area (Å²) in [5, 5.41) is 3.05. The van der Waals surface area contributed by atoms with Gasteiger partial charge in [-0.05, 0) is 53.9 Å². The largest absolute Gasteiger partial charge is 0.469 e. The summed E-state index contributed by atoms with van der Waals surface area (Å²) >= 11 is 3.43. The lowest BCUT2D eigenvalue weighted by molar-refractivity contribution is 0.0928. The predicted octanol–water partition coefficient (Wildman–Crippen LogP) is 4.00. The van der Waals surface area contributed by atoms with E-state index in [2.05, 4.69) is 28.2 Å². The highest BCUT2D eigenvalue weighted by Crippen LogP contribution is 2.16. The van der Waals surface area contributed by atoms with E-state index >= 15 is 0 Å². The molecule has 1 atom stereocenters. The Bertz CT molecular complexity index is 575. The maximum atomic E-state index is 12.3. The molecule has 0 saturated heterocycles. The van der Waals surface area contributed by atoms with E-state index < -0.39 is 0 Å². The molecule has 2 aromatic rings. The molecule has 2 heterocycles. The molecule has 2 aromatic heterocycles. The van der Waals surface area contributed by atoms with Gasteiger partial charge in [-0.2, -0.15) is 0 Å². The summed E-state index contributed by atoms with van der Waals surface area (Å²) in [7, 11) is 0. The Morgan fingerprint density at radius 1 is 1.52 bits per heavy atom. The maximum Gasteiger partial charge on any atom is 0.268 e. The minimum atomic E-state index is -0.0268. The monoisotopic (exact) mass is 352 g/mol. The van der Waals surface area contributed by atoms with Crippen LogP contribution in [0, 0.1) is 0 Å². The highest BCUT2D eigenvalue weighted by atomic mass is 79.9. The molecule has 1 N–H and O–H groups in total. The number of aromatic nitrogens is 1. The third-order valence-corrected chi connectivity index (χ3v) is 3.78. The summed E-state index contributed by atoms with van der Waals surface area (Å²) in [4.78, 5) is 12.3. The number of aryl methyl sites for hydroxylation is 2. The van der Waals surface area contributed by atoms with Gasteiger partial charge in [0.15, 0.2) is 0 Å². The molecule has 0 aromatic carbocycles. The van der Waals surface area contributed by atoms with Gasteiger partial charge in [-0.25, -0.2) is 0 Å². The van der Waals surface area contributed by atoms with E-state index in [0.717, 1.165) is 36.0 Å². The molecular formula is C16H21BrN2O2. The first-order valence-corrected chi connectivity index (χ1v) is 8.08. The fourth-order valence-corrected chi connectivity index (χ4v) is 2.74. The van der Waals surface area contributed by atoms with Crippen LogP contribution in [0.1, 0.15) is 42.9 Å². The maximum absolute atomic E-state index is 12.3. The van der Waals surface area contributed by atoms with Gasteiger partial charge >= 0.3 is 0 Å². The molecule has 5 heteroatoms. The van der Waals surface area contributed by atoms with E-state index in [9.17, 15) is 4.79 Å². The Balaban J connectivity index is 1.91. The van der Waals surface area contributed by atoms with E-state index in [4.69, 9.17) is 4.42 Å². The van der Waals surface area contributed by atoms with Gasteiger partial charge in [0.1, 0.15) is 11.5 Å². The lowest BCUT2D eigenvalue weighted by Gasteiger charge is -2.14. The van der Waals surface area contributed by atoms with Crippen LogP contribution in [-0.2, 0) is 13.0 Å². The van der Waals surface area contributed by atoms with Gasteiger partial charge < -0.3 is 14.3 Å². The summed E-state index contributed by atoms with van der Waals surface area (Å²) in [5.41, 5.74) is 0.702. The number of halogens is 1. The summed E-state index contributed by atoms with van der Waals surface area (Å²) < 4.78 is 8.22. The number of amides is 1. The van der Waals surface area contributed by atoms with Crippen molar-refractivity contribution in [3.63, 3.8) is 0 Å². The van der Waals surface area contributed by atoms with Crippen molar-refractivity contribution in [2.45, 2.75) is 45.7 Å². The van der Waals surface area contributed by atoms with Crippen LogP contribution >= 0.6 is 15.9 Å². The van der Waals surface area contributed by atoms with Crippen LogP contribution in [0.3, 0.4) is 0 Å². The molecule has 1 unspecified atom stereocenters. The molecular weight excluding hydrogens is 332 g/mol. The van der Waals surface area contributed by atoms with Crippen molar-refractivity contribution < 1.29 is 9.21 Å². The van der Waals surface area contributed by atoms with Crippen molar-refractivity contribution in [1.82, 2.24) is 9.88 Å².